The number of carbonyl (C=O) groups excluding carboxylic acids is 1. The number of rotatable bonds is 8. The van der Waals surface area contributed by atoms with E-state index in [4.69, 9.17) is 9.47 Å². The van der Waals surface area contributed by atoms with Gasteiger partial charge in [0.25, 0.3) is 0 Å². The molecule has 0 aliphatic rings. The van der Waals surface area contributed by atoms with Crippen molar-refractivity contribution in [2.75, 3.05) is 18.5 Å². The lowest BCUT2D eigenvalue weighted by atomic mass is 10.1. The molecule has 9 heteroatoms. The number of nitrogens with one attached hydrogen (secondary N) is 1. The Morgan fingerprint density at radius 3 is 2.48 bits per heavy atom. The van der Waals surface area contributed by atoms with Gasteiger partial charge in [0.1, 0.15) is 16.5 Å². The normalized spacial score (nSPS) is 11.3. The van der Waals surface area contributed by atoms with Gasteiger partial charge in [-0.3, -0.25) is 4.79 Å². The van der Waals surface area contributed by atoms with Gasteiger partial charge in [0.2, 0.25) is 5.91 Å². The second-order valence-corrected chi connectivity index (χ2v) is 7.30. The third-order valence-corrected chi connectivity index (χ3v) is 5.12. The van der Waals surface area contributed by atoms with E-state index in [9.17, 15) is 18.0 Å². The van der Waals surface area contributed by atoms with Crippen molar-refractivity contribution in [3.63, 3.8) is 0 Å². The molecular formula is C22H21F3N2O3S. The van der Waals surface area contributed by atoms with Crippen LogP contribution < -0.4 is 14.8 Å². The third kappa shape index (κ3) is 5.75. The van der Waals surface area contributed by atoms with Crippen LogP contribution in [-0.4, -0.2) is 24.1 Å². The summed E-state index contributed by atoms with van der Waals surface area (Å²) in [6.07, 6.45) is -4.61. The van der Waals surface area contributed by atoms with Crippen molar-refractivity contribution < 1.29 is 27.4 Å². The number of thiazole rings is 1. The van der Waals surface area contributed by atoms with Crippen molar-refractivity contribution in [1.29, 1.82) is 0 Å². The Labute approximate surface area is 181 Å². The molecule has 0 radical (unpaired) electrons. The molecule has 1 amide bonds. The van der Waals surface area contributed by atoms with Gasteiger partial charge in [-0.05, 0) is 44.2 Å². The lowest BCUT2D eigenvalue weighted by Gasteiger charge is -2.14. The number of aromatic nitrogens is 1. The van der Waals surface area contributed by atoms with Crippen LogP contribution in [0.3, 0.4) is 0 Å². The molecule has 0 saturated heterocycles. The molecule has 31 heavy (non-hydrogen) atoms. The molecule has 1 heterocycles. The number of benzene rings is 2. The summed E-state index contributed by atoms with van der Waals surface area (Å²) in [6.45, 7) is 4.36. The van der Waals surface area contributed by atoms with Crippen LogP contribution in [0.15, 0.2) is 47.8 Å². The monoisotopic (exact) mass is 450 g/mol. The Morgan fingerprint density at radius 2 is 1.77 bits per heavy atom. The number of anilines is 1. The van der Waals surface area contributed by atoms with E-state index in [2.05, 4.69) is 10.3 Å². The molecule has 3 aromatic rings. The van der Waals surface area contributed by atoms with Crippen molar-refractivity contribution in [2.45, 2.75) is 26.4 Å². The van der Waals surface area contributed by atoms with Crippen LogP contribution >= 0.6 is 11.3 Å². The Bertz CT molecular complexity index is 1050. The van der Waals surface area contributed by atoms with Gasteiger partial charge >= 0.3 is 6.18 Å². The predicted molar refractivity (Wildman–Crippen MR) is 114 cm³/mol. The summed E-state index contributed by atoms with van der Waals surface area (Å²) in [5.74, 6) is 0.379. The van der Waals surface area contributed by atoms with Crippen molar-refractivity contribution in [2.24, 2.45) is 0 Å². The summed E-state index contributed by atoms with van der Waals surface area (Å²) in [4.78, 5) is 17.0. The van der Waals surface area contributed by atoms with Crippen LogP contribution in [0.1, 0.15) is 25.1 Å². The molecular weight excluding hydrogens is 429 g/mol. The zero-order valence-electron chi connectivity index (χ0n) is 17.0. The summed E-state index contributed by atoms with van der Waals surface area (Å²) < 4.78 is 50.1. The van der Waals surface area contributed by atoms with E-state index >= 15 is 0 Å². The number of para-hydroxylation sites is 1. The van der Waals surface area contributed by atoms with Gasteiger partial charge < -0.3 is 14.8 Å². The molecule has 0 aliphatic carbocycles. The number of amides is 1. The Balaban J connectivity index is 1.76. The number of hydrogen-bond donors (Lipinski definition) is 1. The maximum atomic E-state index is 13.0. The summed E-state index contributed by atoms with van der Waals surface area (Å²) in [5.41, 5.74) is 0.430. The molecule has 0 unspecified atom stereocenters. The van der Waals surface area contributed by atoms with Gasteiger partial charge in [-0.1, -0.05) is 12.1 Å². The number of carbonyl (C=O) groups is 1. The van der Waals surface area contributed by atoms with Crippen molar-refractivity contribution in [3.8, 4) is 22.1 Å². The first-order valence-corrected chi connectivity index (χ1v) is 10.5. The molecule has 0 bridgehead atoms. The summed E-state index contributed by atoms with van der Waals surface area (Å²) in [7, 11) is 0. The summed E-state index contributed by atoms with van der Waals surface area (Å²) in [6, 6.07) is 10.4. The molecule has 1 aromatic heterocycles. The highest BCUT2D eigenvalue weighted by molar-refractivity contribution is 7.13. The van der Waals surface area contributed by atoms with Crippen LogP contribution in [0, 0.1) is 0 Å². The summed E-state index contributed by atoms with van der Waals surface area (Å²) in [5, 5.41) is 4.95. The molecule has 5 nitrogen and oxygen atoms in total. The van der Waals surface area contributed by atoms with E-state index in [-0.39, 0.29) is 24.5 Å². The van der Waals surface area contributed by atoms with E-state index in [0.717, 1.165) is 17.7 Å². The highest BCUT2D eigenvalue weighted by Gasteiger charge is 2.31. The van der Waals surface area contributed by atoms with Gasteiger partial charge in [0, 0.05) is 5.38 Å². The molecule has 164 valence electrons. The molecule has 3 rings (SSSR count). The fourth-order valence-corrected chi connectivity index (χ4v) is 3.73. The van der Waals surface area contributed by atoms with Gasteiger partial charge in [-0.15, -0.1) is 11.3 Å². The lowest BCUT2D eigenvalue weighted by molar-refractivity contribution is -0.137. The quantitative estimate of drug-likeness (QED) is 0.471. The fraction of sp³-hybridized carbons (Fsp3) is 0.273. The Hall–Kier alpha value is -3.07. The minimum atomic E-state index is -4.53. The lowest BCUT2D eigenvalue weighted by Crippen LogP contribution is -2.16. The minimum Gasteiger partial charge on any atom is -0.493 e. The van der Waals surface area contributed by atoms with E-state index in [1.807, 2.05) is 31.2 Å². The second kappa shape index (κ2) is 9.82. The third-order valence-electron chi connectivity index (χ3n) is 4.19. The molecule has 0 spiro atoms. The fourth-order valence-electron chi connectivity index (χ4n) is 2.88. The highest BCUT2D eigenvalue weighted by Crippen LogP contribution is 2.35. The van der Waals surface area contributed by atoms with Crippen LogP contribution in [0.4, 0.5) is 18.9 Å². The smallest absolute Gasteiger partial charge is 0.416 e. The van der Waals surface area contributed by atoms with E-state index in [1.54, 1.807) is 12.3 Å². The topological polar surface area (TPSA) is 60.5 Å². The predicted octanol–water partition coefficient (Wildman–Crippen LogP) is 5.81. The maximum absolute atomic E-state index is 13.0. The van der Waals surface area contributed by atoms with E-state index in [1.165, 1.54) is 17.4 Å². The first kappa shape index (κ1) is 22.6. The molecule has 0 fully saturated rings. The van der Waals surface area contributed by atoms with E-state index in [0.29, 0.717) is 23.1 Å². The van der Waals surface area contributed by atoms with Crippen LogP contribution in [-0.2, 0) is 17.4 Å². The Morgan fingerprint density at radius 1 is 1.06 bits per heavy atom. The molecule has 2 aromatic carbocycles. The van der Waals surface area contributed by atoms with Crippen LogP contribution in [0.5, 0.6) is 11.5 Å². The van der Waals surface area contributed by atoms with Gasteiger partial charge in [0.15, 0.2) is 0 Å². The van der Waals surface area contributed by atoms with Crippen LogP contribution in [0.25, 0.3) is 10.6 Å². The summed E-state index contributed by atoms with van der Waals surface area (Å²) >= 11 is 1.36. The minimum absolute atomic E-state index is 0.0289. The molecule has 1 N–H and O–H groups in total. The van der Waals surface area contributed by atoms with Gasteiger partial charge in [0.05, 0.1) is 42.1 Å². The van der Waals surface area contributed by atoms with Crippen molar-refractivity contribution in [1.82, 2.24) is 4.98 Å². The first-order chi connectivity index (χ1) is 14.8. The number of halogens is 3. The molecule has 0 atom stereocenters. The van der Waals surface area contributed by atoms with E-state index < -0.39 is 17.6 Å². The standard InChI is InChI=1S/C22H21F3N2O3S/c1-3-29-18-8-6-5-7-16(18)21-26-15(13-31-21)12-20(28)27-17-11-14(22(23,24)25)9-10-19(17)30-4-2/h5-11,13H,3-4,12H2,1-2H3,(H,27,28). The first-order valence-electron chi connectivity index (χ1n) is 9.62. The van der Waals surface area contributed by atoms with Crippen molar-refractivity contribution in [3.05, 3.63) is 59.1 Å². The zero-order valence-corrected chi connectivity index (χ0v) is 17.8. The molecule has 0 saturated carbocycles. The second-order valence-electron chi connectivity index (χ2n) is 6.44. The maximum Gasteiger partial charge on any atom is 0.416 e. The number of alkyl halides is 3. The highest BCUT2D eigenvalue weighted by atomic mass is 32.1. The van der Waals surface area contributed by atoms with Gasteiger partial charge in [-0.25, -0.2) is 4.98 Å². The number of nitrogens with zero attached hydrogens (tertiary/aromatic N) is 1. The Kier molecular flexibility index (Phi) is 7.17. The SMILES string of the molecule is CCOc1ccc(C(F)(F)F)cc1NC(=O)Cc1csc(-c2ccccc2OCC)n1. The average molecular weight is 450 g/mol. The number of hydrogen-bond acceptors (Lipinski definition) is 5. The van der Waals surface area contributed by atoms with Crippen molar-refractivity contribution >= 4 is 22.9 Å². The largest absolute Gasteiger partial charge is 0.493 e. The van der Waals surface area contributed by atoms with Gasteiger partial charge in [-0.2, -0.15) is 13.2 Å². The zero-order chi connectivity index (χ0) is 22.4. The van der Waals surface area contributed by atoms with Crippen LogP contribution in [0.2, 0.25) is 0 Å². The number of ether oxygens (including phenoxy) is 2. The average Bonchev–Trinajstić information content (AvgIpc) is 3.17. The molecule has 0 aliphatic heterocycles.